The molecule has 19 heavy (non-hydrogen) atoms. The molecule has 2 saturated heterocycles. The second-order valence-corrected chi connectivity index (χ2v) is 4.84. The molecule has 2 unspecified atom stereocenters. The van der Waals surface area contributed by atoms with Crippen LogP contribution in [0, 0.1) is 0 Å². The fourth-order valence-corrected chi connectivity index (χ4v) is 2.42. The Morgan fingerprint density at radius 3 is 2.47 bits per heavy atom. The molecule has 7 nitrogen and oxygen atoms in total. The Morgan fingerprint density at radius 1 is 1.26 bits per heavy atom. The van der Waals surface area contributed by atoms with Crippen molar-refractivity contribution in [2.24, 2.45) is 0 Å². The molecule has 2 aliphatic heterocycles. The number of carboxylic acid groups (broad SMARTS) is 1. The van der Waals surface area contributed by atoms with Crippen molar-refractivity contribution in [2.45, 2.75) is 32.0 Å². The number of amides is 2. The van der Waals surface area contributed by atoms with Gasteiger partial charge in [-0.2, -0.15) is 0 Å². The maximum atomic E-state index is 11.9. The van der Waals surface area contributed by atoms with Crippen LogP contribution in [0.1, 0.15) is 19.8 Å². The Morgan fingerprint density at radius 2 is 1.89 bits per heavy atom. The van der Waals surface area contributed by atoms with Crippen LogP contribution in [-0.4, -0.2) is 71.1 Å². The van der Waals surface area contributed by atoms with E-state index in [4.69, 9.17) is 9.84 Å². The maximum absolute atomic E-state index is 11.9. The number of nitrogens with zero attached hydrogens (tertiary/aromatic N) is 2. The first-order chi connectivity index (χ1) is 9.01. The van der Waals surface area contributed by atoms with E-state index in [1.807, 2.05) is 6.92 Å². The van der Waals surface area contributed by atoms with E-state index in [1.165, 1.54) is 9.80 Å². The van der Waals surface area contributed by atoms with Crippen LogP contribution in [0.25, 0.3) is 0 Å². The molecule has 0 aromatic rings. The van der Waals surface area contributed by atoms with E-state index in [1.54, 1.807) is 0 Å². The van der Waals surface area contributed by atoms with Gasteiger partial charge in [0.05, 0.1) is 19.2 Å². The second-order valence-electron chi connectivity index (χ2n) is 4.84. The van der Waals surface area contributed by atoms with Crippen molar-refractivity contribution in [3.8, 4) is 0 Å². The summed E-state index contributed by atoms with van der Waals surface area (Å²) in [7, 11) is 0. The fourth-order valence-electron chi connectivity index (χ4n) is 2.42. The molecule has 2 heterocycles. The van der Waals surface area contributed by atoms with Crippen molar-refractivity contribution in [1.82, 2.24) is 9.80 Å². The lowest BCUT2D eigenvalue weighted by Crippen LogP contribution is -2.55. The molecule has 0 aliphatic carbocycles. The van der Waals surface area contributed by atoms with Gasteiger partial charge in [0, 0.05) is 13.1 Å². The molecule has 0 saturated carbocycles. The van der Waals surface area contributed by atoms with Crippen LogP contribution in [-0.2, 0) is 19.1 Å². The van der Waals surface area contributed by atoms with Gasteiger partial charge in [0.25, 0.3) is 0 Å². The highest BCUT2D eigenvalue weighted by Gasteiger charge is 2.35. The molecule has 2 amide bonds. The molecule has 1 N–H and O–H groups in total. The minimum absolute atomic E-state index is 0.0598. The summed E-state index contributed by atoms with van der Waals surface area (Å²) < 4.78 is 5.34. The first kappa shape index (κ1) is 13.8. The van der Waals surface area contributed by atoms with Crippen LogP contribution < -0.4 is 0 Å². The number of aliphatic carboxylic acids is 1. The third kappa shape index (κ3) is 3.04. The monoisotopic (exact) mass is 270 g/mol. The molecular weight excluding hydrogens is 252 g/mol. The topological polar surface area (TPSA) is 87.2 Å². The number of carbonyl (C=O) groups excluding carboxylic acids is 2. The second kappa shape index (κ2) is 5.56. The highest BCUT2D eigenvalue weighted by Crippen LogP contribution is 2.21. The first-order valence-corrected chi connectivity index (χ1v) is 6.45. The van der Waals surface area contributed by atoms with Crippen molar-refractivity contribution in [1.29, 1.82) is 0 Å². The Hall–Kier alpha value is -1.63. The van der Waals surface area contributed by atoms with Gasteiger partial charge in [-0.05, 0) is 19.8 Å². The van der Waals surface area contributed by atoms with E-state index >= 15 is 0 Å². The zero-order valence-corrected chi connectivity index (χ0v) is 10.9. The molecule has 0 bridgehead atoms. The molecule has 106 valence electrons. The van der Waals surface area contributed by atoms with Crippen LogP contribution in [0.4, 0.5) is 0 Å². The van der Waals surface area contributed by atoms with E-state index in [0.29, 0.717) is 25.9 Å². The predicted octanol–water partition coefficient (Wildman–Crippen LogP) is -0.691. The standard InChI is InChI=1S/C12H18N2O5/c1-2-13-6-11(16)14(7-10(13)15)5-8-3-4-9(19-8)12(17)18/h8-9H,2-7H2,1H3,(H,17,18). The lowest BCUT2D eigenvalue weighted by molar-refractivity contribution is -0.154. The number of carboxylic acids is 1. The number of rotatable bonds is 4. The predicted molar refractivity (Wildman–Crippen MR) is 64.4 cm³/mol. The van der Waals surface area contributed by atoms with E-state index in [9.17, 15) is 14.4 Å². The summed E-state index contributed by atoms with van der Waals surface area (Å²) in [6.45, 7) is 2.82. The Balaban J connectivity index is 1.88. The van der Waals surface area contributed by atoms with Crippen molar-refractivity contribution in [3.63, 3.8) is 0 Å². The molecule has 2 atom stereocenters. The van der Waals surface area contributed by atoms with Gasteiger partial charge in [0.2, 0.25) is 11.8 Å². The smallest absolute Gasteiger partial charge is 0.332 e. The molecule has 2 aliphatic rings. The Bertz CT molecular complexity index is 398. The lowest BCUT2D eigenvalue weighted by atomic mass is 10.1. The highest BCUT2D eigenvalue weighted by molar-refractivity contribution is 5.92. The van der Waals surface area contributed by atoms with Crippen molar-refractivity contribution in [3.05, 3.63) is 0 Å². The van der Waals surface area contributed by atoms with Gasteiger partial charge >= 0.3 is 5.97 Å². The quantitative estimate of drug-likeness (QED) is 0.730. The average Bonchev–Trinajstić information content (AvgIpc) is 2.82. The third-order valence-electron chi connectivity index (χ3n) is 3.55. The van der Waals surface area contributed by atoms with Gasteiger partial charge in [-0.3, -0.25) is 9.59 Å². The van der Waals surface area contributed by atoms with Crippen LogP contribution in [0.3, 0.4) is 0 Å². The van der Waals surface area contributed by atoms with E-state index < -0.39 is 12.1 Å². The van der Waals surface area contributed by atoms with Gasteiger partial charge in [-0.1, -0.05) is 0 Å². The number of hydrogen-bond donors (Lipinski definition) is 1. The van der Waals surface area contributed by atoms with Crippen molar-refractivity contribution >= 4 is 17.8 Å². The van der Waals surface area contributed by atoms with Crippen molar-refractivity contribution in [2.75, 3.05) is 26.2 Å². The van der Waals surface area contributed by atoms with E-state index in [-0.39, 0.29) is 31.0 Å². The van der Waals surface area contributed by atoms with Crippen LogP contribution in [0.2, 0.25) is 0 Å². The number of ether oxygens (including phenoxy) is 1. The first-order valence-electron chi connectivity index (χ1n) is 6.45. The third-order valence-corrected chi connectivity index (χ3v) is 3.55. The Kier molecular flexibility index (Phi) is 4.04. The van der Waals surface area contributed by atoms with Crippen molar-refractivity contribution < 1.29 is 24.2 Å². The summed E-state index contributed by atoms with van der Waals surface area (Å²) in [5, 5.41) is 8.83. The minimum Gasteiger partial charge on any atom is -0.479 e. The number of hydrogen-bond acceptors (Lipinski definition) is 4. The zero-order chi connectivity index (χ0) is 14.0. The van der Waals surface area contributed by atoms with Gasteiger partial charge in [0.1, 0.15) is 0 Å². The Labute approximate surface area is 111 Å². The lowest BCUT2D eigenvalue weighted by Gasteiger charge is -2.34. The normalized spacial score (nSPS) is 28.1. The molecule has 7 heteroatoms. The maximum Gasteiger partial charge on any atom is 0.332 e. The van der Waals surface area contributed by atoms with Gasteiger partial charge in [-0.15, -0.1) is 0 Å². The summed E-state index contributed by atoms with van der Waals surface area (Å²) in [6, 6.07) is 0. The summed E-state index contributed by atoms with van der Waals surface area (Å²) in [5.41, 5.74) is 0. The molecule has 0 spiro atoms. The summed E-state index contributed by atoms with van der Waals surface area (Å²) in [5.74, 6) is -1.15. The van der Waals surface area contributed by atoms with E-state index in [2.05, 4.69) is 0 Å². The van der Waals surface area contributed by atoms with Gasteiger partial charge < -0.3 is 19.6 Å². The number of carbonyl (C=O) groups is 3. The van der Waals surface area contributed by atoms with Crippen LogP contribution in [0.5, 0.6) is 0 Å². The zero-order valence-electron chi connectivity index (χ0n) is 10.9. The summed E-state index contributed by atoms with van der Waals surface area (Å²) in [4.78, 5) is 37.3. The molecule has 0 radical (unpaired) electrons. The van der Waals surface area contributed by atoms with Crippen LogP contribution in [0.15, 0.2) is 0 Å². The molecule has 0 aromatic carbocycles. The summed E-state index contributed by atoms with van der Waals surface area (Å²) >= 11 is 0. The van der Waals surface area contributed by atoms with Gasteiger partial charge in [-0.25, -0.2) is 4.79 Å². The minimum atomic E-state index is -0.972. The highest BCUT2D eigenvalue weighted by atomic mass is 16.5. The molecule has 2 fully saturated rings. The summed E-state index contributed by atoms with van der Waals surface area (Å²) in [6.07, 6.45) is -0.0116. The average molecular weight is 270 g/mol. The molecule has 0 aromatic heterocycles. The largest absolute Gasteiger partial charge is 0.479 e. The molecular formula is C12H18N2O5. The van der Waals surface area contributed by atoms with Crippen LogP contribution >= 0.6 is 0 Å². The SMILES string of the molecule is CCN1CC(=O)N(CC2CCC(C(=O)O)O2)CC1=O. The number of likely N-dealkylation sites (N-methyl/N-ethyl adjacent to an activating group) is 1. The van der Waals surface area contributed by atoms with E-state index in [0.717, 1.165) is 0 Å². The molecule has 2 rings (SSSR count). The number of piperazine rings is 1. The van der Waals surface area contributed by atoms with Gasteiger partial charge in [0.15, 0.2) is 6.10 Å². The fraction of sp³-hybridized carbons (Fsp3) is 0.750.